The van der Waals surface area contributed by atoms with Crippen LogP contribution in [0.4, 0.5) is 26.3 Å². The largest absolute Gasteiger partial charge is 0.472 e. The lowest BCUT2D eigenvalue weighted by Gasteiger charge is -2.23. The van der Waals surface area contributed by atoms with Crippen molar-refractivity contribution in [2.75, 3.05) is 0 Å². The summed E-state index contributed by atoms with van der Waals surface area (Å²) in [4.78, 5) is 7.38. The van der Waals surface area contributed by atoms with Gasteiger partial charge in [-0.2, -0.15) is 26.3 Å². The number of fused-ring (bicyclic) bond motifs is 1. The zero-order chi connectivity index (χ0) is 27.6. The normalized spacial score (nSPS) is 12.6. The Morgan fingerprint density at radius 3 is 2.30 bits per heavy atom. The number of aromatic amines is 1. The Kier molecular flexibility index (Phi) is 7.60. The molecule has 0 aliphatic heterocycles. The van der Waals surface area contributed by atoms with Crippen LogP contribution in [0.25, 0.3) is 22.2 Å². The number of nitrogens with one attached hydrogen (secondary N) is 1. The molecule has 3 rings (SSSR count). The lowest BCUT2D eigenvalue weighted by molar-refractivity contribution is -0.312. The third-order valence-corrected chi connectivity index (χ3v) is 5.05. The van der Waals surface area contributed by atoms with Crippen LogP contribution in [0, 0.1) is 11.8 Å². The van der Waals surface area contributed by atoms with E-state index >= 15 is 0 Å². The average Bonchev–Trinajstić information content (AvgIpc) is 3.20. The summed E-state index contributed by atoms with van der Waals surface area (Å²) >= 11 is 0. The van der Waals surface area contributed by atoms with Crippen LogP contribution in [0.1, 0.15) is 25.2 Å². The van der Waals surface area contributed by atoms with Gasteiger partial charge in [0.2, 0.25) is 0 Å². The second kappa shape index (κ2) is 10.2. The predicted octanol–water partition coefficient (Wildman–Crippen LogP) is 6.94. The van der Waals surface area contributed by atoms with Gasteiger partial charge in [-0.15, -0.1) is 0 Å². The van der Waals surface area contributed by atoms with E-state index in [0.717, 1.165) is 28.8 Å². The lowest BCUT2D eigenvalue weighted by atomic mass is 9.89. The molecule has 1 heterocycles. The maximum atomic E-state index is 12.6. The van der Waals surface area contributed by atoms with Crippen LogP contribution in [-0.4, -0.2) is 33.5 Å². The first kappa shape index (κ1) is 27.6. The van der Waals surface area contributed by atoms with Crippen molar-refractivity contribution >= 4 is 11.0 Å². The quantitative estimate of drug-likeness (QED) is 0.160. The van der Waals surface area contributed by atoms with Gasteiger partial charge in [-0.25, -0.2) is 4.98 Å². The fourth-order valence-corrected chi connectivity index (χ4v) is 3.39. The maximum Gasteiger partial charge on any atom is 0.434 e. The lowest BCUT2D eigenvalue weighted by Crippen LogP contribution is -2.43. The number of rotatable bonds is 6. The molecule has 0 bridgehead atoms. The Morgan fingerprint density at radius 1 is 1.03 bits per heavy atom. The van der Waals surface area contributed by atoms with Crippen molar-refractivity contribution in [2.45, 2.75) is 37.9 Å². The van der Waals surface area contributed by atoms with Crippen LogP contribution in [-0.2, 0) is 10.3 Å². The molecular formula is C27H22F6N2O2. The van der Waals surface area contributed by atoms with Crippen LogP contribution >= 0.6 is 0 Å². The van der Waals surface area contributed by atoms with Crippen molar-refractivity contribution in [3.05, 3.63) is 90.5 Å². The second-order valence-electron chi connectivity index (χ2n) is 8.58. The summed E-state index contributed by atoms with van der Waals surface area (Å²) in [6.45, 7) is 10.0. The van der Waals surface area contributed by atoms with E-state index in [4.69, 9.17) is 0 Å². The Balaban J connectivity index is 1.76. The highest BCUT2D eigenvalue weighted by Gasteiger charge is 2.59. The standard InChI is InChI=1S/C27H22F6N2O2/c1-16(9-11-17(2)37-24(26(28,29)30)27(31,32)33)10-14-23-34-21-13-12-18(15-22(21)35-23)19-7-5-6-8-20(19)25(3,4)36/h5-9,11-13,15,24,36H,1-2H2,3-4H3,(H,34,35)/b11-9-. The van der Waals surface area contributed by atoms with E-state index in [1.54, 1.807) is 19.9 Å². The molecule has 4 nitrogen and oxygen atoms in total. The monoisotopic (exact) mass is 520 g/mol. The van der Waals surface area contributed by atoms with E-state index in [1.165, 1.54) is 0 Å². The van der Waals surface area contributed by atoms with Gasteiger partial charge in [-0.1, -0.05) is 49.4 Å². The van der Waals surface area contributed by atoms with Crippen molar-refractivity contribution in [1.82, 2.24) is 9.97 Å². The first-order chi connectivity index (χ1) is 17.1. The number of halogens is 6. The molecule has 0 spiro atoms. The number of alkyl halides is 6. The third kappa shape index (κ3) is 7.05. The Bertz CT molecular complexity index is 1400. The summed E-state index contributed by atoms with van der Waals surface area (Å²) in [7, 11) is 0. The molecule has 0 aliphatic rings. The summed E-state index contributed by atoms with van der Waals surface area (Å²) in [5.74, 6) is 4.72. The number of H-pyrrole nitrogens is 1. The van der Waals surface area contributed by atoms with Crippen LogP contribution in [0.3, 0.4) is 0 Å². The van der Waals surface area contributed by atoms with E-state index in [1.807, 2.05) is 36.4 Å². The number of benzene rings is 2. The number of imidazole rings is 1. The van der Waals surface area contributed by atoms with Crippen LogP contribution in [0.2, 0.25) is 0 Å². The molecule has 0 atom stereocenters. The van der Waals surface area contributed by atoms with Crippen LogP contribution in [0.5, 0.6) is 0 Å². The number of aromatic nitrogens is 2. The summed E-state index contributed by atoms with van der Waals surface area (Å²) in [6.07, 6.45) is -13.4. The molecule has 3 aromatic rings. The van der Waals surface area contributed by atoms with Gasteiger partial charge in [0.15, 0.2) is 5.82 Å². The van der Waals surface area contributed by atoms with Crippen molar-refractivity contribution in [3.63, 3.8) is 0 Å². The molecule has 10 heteroatoms. The number of aliphatic hydroxyl groups is 1. The molecule has 0 saturated heterocycles. The van der Waals surface area contributed by atoms with Crippen molar-refractivity contribution in [1.29, 1.82) is 0 Å². The Labute approximate surface area is 209 Å². The first-order valence-corrected chi connectivity index (χ1v) is 10.8. The van der Waals surface area contributed by atoms with E-state index < -0.39 is 29.8 Å². The smallest absolute Gasteiger partial charge is 0.434 e. The summed E-state index contributed by atoms with van der Waals surface area (Å²) in [5.41, 5.74) is 2.73. The van der Waals surface area contributed by atoms with Gasteiger partial charge in [0.25, 0.3) is 6.10 Å². The number of hydrogen-bond acceptors (Lipinski definition) is 3. The number of allylic oxidation sites excluding steroid dienone is 3. The molecule has 194 valence electrons. The van der Waals surface area contributed by atoms with Gasteiger partial charge in [0, 0.05) is 5.57 Å². The van der Waals surface area contributed by atoms with Gasteiger partial charge in [-0.3, -0.25) is 0 Å². The topological polar surface area (TPSA) is 58.1 Å². The molecule has 37 heavy (non-hydrogen) atoms. The Morgan fingerprint density at radius 2 is 1.68 bits per heavy atom. The van der Waals surface area contributed by atoms with Gasteiger partial charge < -0.3 is 14.8 Å². The Hall–Kier alpha value is -3.97. The molecule has 0 unspecified atom stereocenters. The predicted molar refractivity (Wildman–Crippen MR) is 128 cm³/mol. The van der Waals surface area contributed by atoms with Gasteiger partial charge in [-0.05, 0) is 60.7 Å². The van der Waals surface area contributed by atoms with E-state index in [0.29, 0.717) is 11.0 Å². The fourth-order valence-electron chi connectivity index (χ4n) is 3.39. The summed E-state index contributed by atoms with van der Waals surface area (Å²) in [6, 6.07) is 12.9. The molecule has 1 aromatic heterocycles. The van der Waals surface area contributed by atoms with E-state index in [9.17, 15) is 31.4 Å². The minimum absolute atomic E-state index is 0.0700. The zero-order valence-corrected chi connectivity index (χ0v) is 19.8. The van der Waals surface area contributed by atoms with Crippen molar-refractivity contribution < 1.29 is 36.2 Å². The average molecular weight is 520 g/mol. The second-order valence-corrected chi connectivity index (χ2v) is 8.58. The zero-order valence-electron chi connectivity index (χ0n) is 19.8. The van der Waals surface area contributed by atoms with Gasteiger partial charge in [0.05, 0.1) is 16.6 Å². The maximum absolute atomic E-state index is 12.6. The van der Waals surface area contributed by atoms with Crippen molar-refractivity contribution in [2.24, 2.45) is 0 Å². The van der Waals surface area contributed by atoms with Crippen molar-refractivity contribution in [3.8, 4) is 23.0 Å². The number of hydrogen-bond donors (Lipinski definition) is 2. The van der Waals surface area contributed by atoms with Gasteiger partial charge >= 0.3 is 12.4 Å². The third-order valence-electron chi connectivity index (χ3n) is 5.05. The summed E-state index contributed by atoms with van der Waals surface area (Å²) < 4.78 is 79.5. The molecule has 0 amide bonds. The highest BCUT2D eigenvalue weighted by Crippen LogP contribution is 2.37. The molecule has 2 aromatic carbocycles. The molecule has 0 aliphatic carbocycles. The SMILES string of the molecule is C=C(C#Cc1nc2ccc(-c3ccccc3C(C)(C)O)cc2[nH]1)/C=C\C(=C)OC(C(F)(F)F)C(F)(F)F. The van der Waals surface area contributed by atoms with E-state index in [2.05, 4.69) is 39.7 Å². The molecule has 0 fully saturated rings. The van der Waals surface area contributed by atoms with Crippen LogP contribution < -0.4 is 0 Å². The summed E-state index contributed by atoms with van der Waals surface area (Å²) in [5, 5.41) is 10.5. The van der Waals surface area contributed by atoms with Gasteiger partial charge in [0.1, 0.15) is 5.76 Å². The van der Waals surface area contributed by atoms with E-state index in [-0.39, 0.29) is 11.4 Å². The molecular weight excluding hydrogens is 498 g/mol. The molecule has 0 saturated carbocycles. The fraction of sp³-hybridized carbons (Fsp3) is 0.222. The molecule has 0 radical (unpaired) electrons. The number of ether oxygens (including phenoxy) is 1. The number of nitrogens with zero attached hydrogens (tertiary/aromatic N) is 1. The highest BCUT2D eigenvalue weighted by molar-refractivity contribution is 5.83. The van der Waals surface area contributed by atoms with Crippen LogP contribution in [0.15, 0.2) is 79.1 Å². The first-order valence-electron chi connectivity index (χ1n) is 10.8. The minimum atomic E-state index is -5.65. The molecule has 2 N–H and O–H groups in total. The highest BCUT2D eigenvalue weighted by atomic mass is 19.4. The minimum Gasteiger partial charge on any atom is -0.472 e.